The van der Waals surface area contributed by atoms with E-state index in [1.54, 1.807) is 37.6 Å². The van der Waals surface area contributed by atoms with Gasteiger partial charge in [-0.1, -0.05) is 17.7 Å². The number of pyridine rings is 1. The summed E-state index contributed by atoms with van der Waals surface area (Å²) in [5, 5.41) is 10.3. The van der Waals surface area contributed by atoms with Gasteiger partial charge in [-0.25, -0.2) is 20.4 Å². The average Bonchev–Trinajstić information content (AvgIpc) is 2.82. The molecule has 1 aromatic heterocycles. The number of nitrogens with one attached hydrogen (secondary N) is 5. The molecule has 0 fully saturated rings. The van der Waals surface area contributed by atoms with Crippen molar-refractivity contribution in [2.24, 2.45) is 0 Å². The van der Waals surface area contributed by atoms with E-state index in [2.05, 4.69) is 38.7 Å². The highest BCUT2D eigenvalue weighted by atomic mass is 35.5. The fourth-order valence-electron chi connectivity index (χ4n) is 3.19. The van der Waals surface area contributed by atoms with Crippen molar-refractivity contribution in [2.45, 2.75) is 25.8 Å². The summed E-state index contributed by atoms with van der Waals surface area (Å²) in [6.07, 6.45) is 3.32. The Labute approximate surface area is 197 Å². The zero-order valence-electron chi connectivity index (χ0n) is 18.4. The molecule has 1 unspecified atom stereocenters. The lowest BCUT2D eigenvalue weighted by Gasteiger charge is -2.17. The summed E-state index contributed by atoms with van der Waals surface area (Å²) < 4.78 is 5.39. The third-order valence-corrected chi connectivity index (χ3v) is 5.06. The van der Waals surface area contributed by atoms with Crippen LogP contribution in [0.3, 0.4) is 0 Å². The molecule has 0 saturated heterocycles. The molecule has 1 heterocycles. The van der Waals surface area contributed by atoms with Crippen LogP contribution >= 0.6 is 11.6 Å². The quantitative estimate of drug-likeness (QED) is 0.245. The molecule has 3 aromatic rings. The number of fused-ring (bicyclic) bond motifs is 1. The van der Waals surface area contributed by atoms with E-state index < -0.39 is 12.1 Å². The van der Waals surface area contributed by atoms with Crippen molar-refractivity contribution < 1.29 is 14.3 Å². The summed E-state index contributed by atoms with van der Waals surface area (Å²) in [7, 11) is 1.64. The second-order valence-corrected chi connectivity index (χ2v) is 7.84. The van der Waals surface area contributed by atoms with E-state index in [1.165, 1.54) is 0 Å². The summed E-state index contributed by atoms with van der Waals surface area (Å²) in [4.78, 5) is 28.2. The zero-order valence-corrected chi connectivity index (χ0v) is 19.2. The number of hydrogen-bond acceptors (Lipinski definition) is 5. The lowest BCUT2D eigenvalue weighted by molar-refractivity contribution is 0.229. The molecular weight excluding hydrogens is 444 g/mol. The van der Waals surface area contributed by atoms with Gasteiger partial charge in [0.05, 0.1) is 18.3 Å². The number of carbonyl (C=O) groups excluding carboxylic acids is 2. The minimum absolute atomic E-state index is 0.149. The summed E-state index contributed by atoms with van der Waals surface area (Å²) in [6, 6.07) is 13.5. The Morgan fingerprint density at radius 2 is 1.85 bits per heavy atom. The largest absolute Gasteiger partial charge is 0.497 e. The molecule has 33 heavy (non-hydrogen) atoms. The summed E-state index contributed by atoms with van der Waals surface area (Å²) >= 11 is 5.80. The normalized spacial score (nSPS) is 11.4. The third-order valence-electron chi connectivity index (χ3n) is 4.81. The maximum absolute atomic E-state index is 11.9. The Hall–Kier alpha value is -3.72. The lowest BCUT2D eigenvalue weighted by atomic mass is 10.1. The first-order valence-electron chi connectivity index (χ1n) is 10.5. The highest BCUT2D eigenvalue weighted by molar-refractivity contribution is 6.30. The third kappa shape index (κ3) is 7.43. The number of aromatic nitrogens is 1. The topological polar surface area (TPSA) is 116 Å². The Morgan fingerprint density at radius 1 is 1.09 bits per heavy atom. The van der Waals surface area contributed by atoms with Gasteiger partial charge in [0.1, 0.15) is 5.75 Å². The zero-order chi connectivity index (χ0) is 23.6. The molecule has 9 nitrogen and oxygen atoms in total. The summed E-state index contributed by atoms with van der Waals surface area (Å²) in [5.74, 6) is 0.760. The van der Waals surface area contributed by atoms with Crippen LogP contribution in [0.25, 0.3) is 10.9 Å². The molecule has 0 spiro atoms. The molecule has 3 rings (SSSR count). The van der Waals surface area contributed by atoms with Gasteiger partial charge in [0, 0.05) is 40.9 Å². The van der Waals surface area contributed by atoms with E-state index in [1.807, 2.05) is 24.3 Å². The number of nitrogens with zero attached hydrogens (tertiary/aromatic N) is 1. The van der Waals surface area contributed by atoms with Crippen molar-refractivity contribution in [3.05, 3.63) is 59.8 Å². The predicted molar refractivity (Wildman–Crippen MR) is 131 cm³/mol. The van der Waals surface area contributed by atoms with Crippen molar-refractivity contribution in [1.82, 2.24) is 21.2 Å². The average molecular weight is 471 g/mol. The lowest BCUT2D eigenvalue weighted by Crippen LogP contribution is -2.48. The Morgan fingerprint density at radius 3 is 2.61 bits per heavy atom. The van der Waals surface area contributed by atoms with Gasteiger partial charge in [0.15, 0.2) is 0 Å². The molecule has 4 amide bonds. The van der Waals surface area contributed by atoms with Crippen LogP contribution in [0.1, 0.15) is 19.8 Å². The van der Waals surface area contributed by atoms with Crippen molar-refractivity contribution in [2.75, 3.05) is 24.3 Å². The Bertz CT molecular complexity index is 1090. The van der Waals surface area contributed by atoms with E-state index in [0.29, 0.717) is 17.3 Å². The summed E-state index contributed by atoms with van der Waals surface area (Å²) in [5.41, 5.74) is 6.92. The molecule has 0 aliphatic carbocycles. The first-order valence-corrected chi connectivity index (χ1v) is 10.9. The maximum Gasteiger partial charge on any atom is 0.337 e. The van der Waals surface area contributed by atoms with Gasteiger partial charge >= 0.3 is 12.1 Å². The first-order chi connectivity index (χ1) is 15.9. The van der Waals surface area contributed by atoms with Crippen LogP contribution < -0.4 is 31.5 Å². The van der Waals surface area contributed by atoms with E-state index in [4.69, 9.17) is 16.3 Å². The number of hydrogen-bond donors (Lipinski definition) is 5. The van der Waals surface area contributed by atoms with E-state index in [-0.39, 0.29) is 6.04 Å². The van der Waals surface area contributed by atoms with Crippen LogP contribution in [-0.4, -0.2) is 36.7 Å². The van der Waals surface area contributed by atoms with Gasteiger partial charge in [0.2, 0.25) is 0 Å². The predicted octanol–water partition coefficient (Wildman–Crippen LogP) is 4.51. The smallest absolute Gasteiger partial charge is 0.337 e. The van der Waals surface area contributed by atoms with Crippen LogP contribution in [0.2, 0.25) is 5.02 Å². The first kappa shape index (κ1) is 23.9. The highest BCUT2D eigenvalue weighted by Crippen LogP contribution is 2.28. The number of amides is 4. The molecule has 174 valence electrons. The molecule has 0 aliphatic rings. The second kappa shape index (κ2) is 11.8. The van der Waals surface area contributed by atoms with Gasteiger partial charge in [0.25, 0.3) is 0 Å². The molecule has 0 saturated carbocycles. The molecule has 1 atom stereocenters. The van der Waals surface area contributed by atoms with Gasteiger partial charge in [-0.15, -0.1) is 0 Å². The number of rotatable bonds is 8. The number of hydrazine groups is 1. The molecule has 10 heteroatoms. The number of anilines is 2. The summed E-state index contributed by atoms with van der Waals surface area (Å²) in [6.45, 7) is 2.52. The van der Waals surface area contributed by atoms with Crippen molar-refractivity contribution in [3.8, 4) is 5.75 Å². The van der Waals surface area contributed by atoms with Crippen molar-refractivity contribution >= 4 is 45.9 Å². The second-order valence-electron chi connectivity index (χ2n) is 7.40. The molecule has 5 N–H and O–H groups in total. The Balaban J connectivity index is 1.36. The van der Waals surface area contributed by atoms with Gasteiger partial charge in [-0.3, -0.25) is 4.98 Å². The van der Waals surface area contributed by atoms with Crippen molar-refractivity contribution in [1.29, 1.82) is 0 Å². The number of methoxy groups -OCH3 is 1. The van der Waals surface area contributed by atoms with Crippen molar-refractivity contribution in [3.63, 3.8) is 0 Å². The van der Waals surface area contributed by atoms with Crippen LogP contribution in [-0.2, 0) is 0 Å². The fourth-order valence-corrected chi connectivity index (χ4v) is 3.32. The van der Waals surface area contributed by atoms with E-state index in [0.717, 1.165) is 35.2 Å². The van der Waals surface area contributed by atoms with Crippen LogP contribution in [0.4, 0.5) is 21.0 Å². The monoisotopic (exact) mass is 470 g/mol. The standard InChI is InChI=1S/C23H27ClN6O3/c1-15(27-20-14-19(33-2)13-16-6-4-11-25-21(16)20)5-3-12-26-22(31)29-30-23(32)28-18-9-7-17(24)8-10-18/h4,6-11,13-15,27H,3,5,12H2,1-2H3,(H2,26,29,31)(H2,28,30,32). The maximum atomic E-state index is 11.9. The van der Waals surface area contributed by atoms with E-state index in [9.17, 15) is 9.59 Å². The van der Waals surface area contributed by atoms with Crippen LogP contribution in [0, 0.1) is 0 Å². The van der Waals surface area contributed by atoms with E-state index >= 15 is 0 Å². The highest BCUT2D eigenvalue weighted by Gasteiger charge is 2.10. The molecule has 2 aromatic carbocycles. The Kier molecular flexibility index (Phi) is 8.54. The molecule has 0 aliphatic heterocycles. The minimum Gasteiger partial charge on any atom is -0.497 e. The minimum atomic E-state index is -0.565. The molecule has 0 radical (unpaired) electrons. The number of ether oxygens (including phenoxy) is 1. The number of carbonyl (C=O) groups is 2. The molecule has 0 bridgehead atoms. The van der Waals surface area contributed by atoms with Gasteiger partial charge in [-0.2, -0.15) is 0 Å². The van der Waals surface area contributed by atoms with Gasteiger partial charge in [-0.05, 0) is 56.2 Å². The number of urea groups is 2. The molecular formula is C23H27ClN6O3. The fraction of sp³-hybridized carbons (Fsp3) is 0.261. The SMILES string of the molecule is COc1cc(NC(C)CCCNC(=O)NNC(=O)Nc2ccc(Cl)cc2)c2ncccc2c1. The van der Waals surface area contributed by atoms with Crippen LogP contribution in [0.5, 0.6) is 5.75 Å². The van der Waals surface area contributed by atoms with Gasteiger partial charge < -0.3 is 20.7 Å². The number of benzene rings is 2. The number of halogens is 1. The van der Waals surface area contributed by atoms with Crippen LogP contribution in [0.15, 0.2) is 54.7 Å².